The summed E-state index contributed by atoms with van der Waals surface area (Å²) < 4.78 is 5.25. The number of carbonyl (C=O) groups excluding carboxylic acids is 1. The summed E-state index contributed by atoms with van der Waals surface area (Å²) in [5.41, 5.74) is -0.598. The zero-order chi connectivity index (χ0) is 15.0. The molecule has 0 heterocycles. The Morgan fingerprint density at radius 2 is 2.00 bits per heavy atom. The molecule has 1 unspecified atom stereocenters. The van der Waals surface area contributed by atoms with Gasteiger partial charge in [-0.15, -0.1) is 0 Å². The zero-order valence-corrected chi connectivity index (χ0v) is 13.7. The predicted octanol–water partition coefficient (Wildman–Crippen LogP) is 2.43. The first-order valence-corrected chi connectivity index (χ1v) is 8.12. The van der Waals surface area contributed by atoms with E-state index in [9.17, 15) is 4.79 Å². The van der Waals surface area contributed by atoms with E-state index in [1.165, 1.54) is 25.7 Å². The van der Waals surface area contributed by atoms with Crippen LogP contribution in [0.2, 0.25) is 0 Å². The second-order valence-corrected chi connectivity index (χ2v) is 6.33. The van der Waals surface area contributed by atoms with Crippen LogP contribution in [0.25, 0.3) is 0 Å². The quantitative estimate of drug-likeness (QED) is 0.660. The SMILES string of the molecule is CCCNC(C)(CN(C)CC1CCCC1)C(=O)OCC. The number of nitrogens with zero attached hydrogens (tertiary/aromatic N) is 1. The molecule has 0 aliphatic heterocycles. The fourth-order valence-corrected chi connectivity index (χ4v) is 3.12. The van der Waals surface area contributed by atoms with E-state index in [-0.39, 0.29) is 5.97 Å². The molecule has 20 heavy (non-hydrogen) atoms. The lowest BCUT2D eigenvalue weighted by atomic mass is 10.00. The molecule has 0 radical (unpaired) electrons. The maximum Gasteiger partial charge on any atom is 0.327 e. The highest BCUT2D eigenvalue weighted by molar-refractivity contribution is 5.80. The summed E-state index contributed by atoms with van der Waals surface area (Å²) in [5, 5.41) is 3.37. The summed E-state index contributed by atoms with van der Waals surface area (Å²) >= 11 is 0. The average Bonchev–Trinajstić information content (AvgIpc) is 2.89. The van der Waals surface area contributed by atoms with Crippen molar-refractivity contribution in [1.82, 2.24) is 10.2 Å². The van der Waals surface area contributed by atoms with Crippen LogP contribution in [0.3, 0.4) is 0 Å². The summed E-state index contributed by atoms with van der Waals surface area (Å²) in [6.45, 7) is 9.01. The van der Waals surface area contributed by atoms with Gasteiger partial charge in [0.1, 0.15) is 5.54 Å². The molecule has 4 nitrogen and oxygen atoms in total. The number of ether oxygens (including phenoxy) is 1. The lowest BCUT2D eigenvalue weighted by Crippen LogP contribution is -2.57. The maximum atomic E-state index is 12.2. The highest BCUT2D eigenvalue weighted by atomic mass is 16.5. The van der Waals surface area contributed by atoms with E-state index >= 15 is 0 Å². The van der Waals surface area contributed by atoms with E-state index in [1.807, 2.05) is 13.8 Å². The number of esters is 1. The summed E-state index contributed by atoms with van der Waals surface area (Å²) in [7, 11) is 2.11. The molecule has 0 saturated heterocycles. The Kier molecular flexibility index (Phi) is 7.52. The standard InChI is InChI=1S/C16H32N2O2/c1-5-11-17-16(3,15(19)20-6-2)13-18(4)12-14-9-7-8-10-14/h14,17H,5-13H2,1-4H3. The molecule has 1 fully saturated rings. The Hall–Kier alpha value is -0.610. The zero-order valence-electron chi connectivity index (χ0n) is 13.7. The lowest BCUT2D eigenvalue weighted by Gasteiger charge is -2.33. The van der Waals surface area contributed by atoms with Crippen LogP contribution in [0.15, 0.2) is 0 Å². The van der Waals surface area contributed by atoms with Gasteiger partial charge in [0.05, 0.1) is 6.61 Å². The van der Waals surface area contributed by atoms with Crippen molar-refractivity contribution >= 4 is 5.97 Å². The lowest BCUT2D eigenvalue weighted by molar-refractivity contribution is -0.151. The van der Waals surface area contributed by atoms with Crippen molar-refractivity contribution in [2.75, 3.05) is 33.3 Å². The van der Waals surface area contributed by atoms with Gasteiger partial charge in [-0.25, -0.2) is 0 Å². The van der Waals surface area contributed by atoms with Crippen molar-refractivity contribution in [1.29, 1.82) is 0 Å². The van der Waals surface area contributed by atoms with Crippen LogP contribution in [0.1, 0.15) is 52.9 Å². The second kappa shape index (κ2) is 8.63. The highest BCUT2D eigenvalue weighted by Gasteiger charge is 2.35. The third-order valence-electron chi connectivity index (χ3n) is 4.12. The summed E-state index contributed by atoms with van der Waals surface area (Å²) in [4.78, 5) is 14.5. The van der Waals surface area contributed by atoms with Crippen LogP contribution in [0.5, 0.6) is 0 Å². The fraction of sp³-hybridized carbons (Fsp3) is 0.938. The van der Waals surface area contributed by atoms with Crippen molar-refractivity contribution in [2.24, 2.45) is 5.92 Å². The van der Waals surface area contributed by atoms with Gasteiger partial charge in [-0.2, -0.15) is 0 Å². The summed E-state index contributed by atoms with van der Waals surface area (Å²) in [6.07, 6.45) is 6.41. The first-order valence-electron chi connectivity index (χ1n) is 8.12. The number of rotatable bonds is 9. The van der Waals surface area contributed by atoms with Crippen LogP contribution in [0, 0.1) is 5.92 Å². The molecule has 0 spiro atoms. The first-order chi connectivity index (χ1) is 9.51. The fourth-order valence-electron chi connectivity index (χ4n) is 3.12. The van der Waals surface area contributed by atoms with E-state index in [0.29, 0.717) is 13.2 Å². The number of hydrogen-bond donors (Lipinski definition) is 1. The van der Waals surface area contributed by atoms with Crippen LogP contribution in [0.4, 0.5) is 0 Å². The molecule has 0 aromatic heterocycles. The van der Waals surface area contributed by atoms with Gasteiger partial charge >= 0.3 is 5.97 Å². The summed E-state index contributed by atoms with van der Waals surface area (Å²) in [5.74, 6) is 0.671. The molecule has 1 atom stereocenters. The van der Waals surface area contributed by atoms with Crippen LogP contribution >= 0.6 is 0 Å². The van der Waals surface area contributed by atoms with Gasteiger partial charge in [0.15, 0.2) is 0 Å². The van der Waals surface area contributed by atoms with Gasteiger partial charge in [0.2, 0.25) is 0 Å². The van der Waals surface area contributed by atoms with Crippen LogP contribution < -0.4 is 5.32 Å². The van der Waals surface area contributed by atoms with Gasteiger partial charge in [0.25, 0.3) is 0 Å². The highest BCUT2D eigenvalue weighted by Crippen LogP contribution is 2.25. The third-order valence-corrected chi connectivity index (χ3v) is 4.12. The first kappa shape index (κ1) is 17.4. The van der Waals surface area contributed by atoms with Gasteiger partial charge in [0, 0.05) is 13.1 Å². The van der Waals surface area contributed by atoms with Gasteiger partial charge in [-0.3, -0.25) is 4.79 Å². The third kappa shape index (κ3) is 5.41. The maximum absolute atomic E-state index is 12.2. The van der Waals surface area contributed by atoms with Crippen molar-refractivity contribution in [2.45, 2.75) is 58.4 Å². The van der Waals surface area contributed by atoms with Crippen molar-refractivity contribution < 1.29 is 9.53 Å². The van der Waals surface area contributed by atoms with Gasteiger partial charge in [-0.05, 0) is 52.6 Å². The number of carbonyl (C=O) groups is 1. The Morgan fingerprint density at radius 3 is 2.55 bits per heavy atom. The second-order valence-electron chi connectivity index (χ2n) is 6.33. The van der Waals surface area contributed by atoms with Gasteiger partial charge in [-0.1, -0.05) is 19.8 Å². The normalized spacial score (nSPS) is 19.2. The van der Waals surface area contributed by atoms with Crippen LogP contribution in [-0.4, -0.2) is 49.7 Å². The topological polar surface area (TPSA) is 41.6 Å². The molecule has 0 aromatic rings. The minimum Gasteiger partial charge on any atom is -0.465 e. The molecular weight excluding hydrogens is 252 g/mol. The number of nitrogens with one attached hydrogen (secondary N) is 1. The Morgan fingerprint density at radius 1 is 1.35 bits per heavy atom. The minimum atomic E-state index is -0.598. The van der Waals surface area contributed by atoms with E-state index in [0.717, 1.165) is 25.4 Å². The molecule has 118 valence electrons. The number of likely N-dealkylation sites (N-methyl/N-ethyl adjacent to an activating group) is 1. The van der Waals surface area contributed by atoms with E-state index in [1.54, 1.807) is 0 Å². The average molecular weight is 284 g/mol. The van der Waals surface area contributed by atoms with Crippen molar-refractivity contribution in [3.63, 3.8) is 0 Å². The van der Waals surface area contributed by atoms with Crippen molar-refractivity contribution in [3.05, 3.63) is 0 Å². The largest absolute Gasteiger partial charge is 0.465 e. The Bertz CT molecular complexity index is 290. The van der Waals surface area contributed by atoms with Crippen LogP contribution in [-0.2, 0) is 9.53 Å². The van der Waals surface area contributed by atoms with Gasteiger partial charge < -0.3 is 15.0 Å². The molecule has 0 aromatic carbocycles. The molecule has 0 bridgehead atoms. The van der Waals surface area contributed by atoms with E-state index < -0.39 is 5.54 Å². The van der Waals surface area contributed by atoms with Crippen molar-refractivity contribution in [3.8, 4) is 0 Å². The molecule has 4 heteroatoms. The Labute approximate surface area is 124 Å². The van der Waals surface area contributed by atoms with E-state index in [2.05, 4.69) is 24.2 Å². The summed E-state index contributed by atoms with van der Waals surface area (Å²) in [6, 6.07) is 0. The molecule has 1 N–H and O–H groups in total. The smallest absolute Gasteiger partial charge is 0.327 e. The monoisotopic (exact) mass is 284 g/mol. The molecular formula is C16H32N2O2. The molecule has 1 rings (SSSR count). The minimum absolute atomic E-state index is 0.133. The molecule has 1 aliphatic rings. The number of hydrogen-bond acceptors (Lipinski definition) is 4. The molecule has 1 aliphatic carbocycles. The Balaban J connectivity index is 2.54. The van der Waals surface area contributed by atoms with E-state index in [4.69, 9.17) is 4.74 Å². The predicted molar refractivity (Wildman–Crippen MR) is 82.8 cm³/mol. The molecule has 1 saturated carbocycles. The molecule has 0 amide bonds.